The van der Waals surface area contributed by atoms with Crippen molar-refractivity contribution in [2.75, 3.05) is 12.4 Å². The van der Waals surface area contributed by atoms with Crippen molar-refractivity contribution in [1.29, 1.82) is 0 Å². The van der Waals surface area contributed by atoms with E-state index in [1.807, 2.05) is 30.3 Å². The Bertz CT molecular complexity index is 729. The minimum Gasteiger partial charge on any atom is -0.358 e. The highest BCUT2D eigenvalue weighted by molar-refractivity contribution is 7.89. The predicted octanol–water partition coefficient (Wildman–Crippen LogP) is 2.08. The van der Waals surface area contributed by atoms with Gasteiger partial charge in [0.05, 0.1) is 4.90 Å². The summed E-state index contributed by atoms with van der Waals surface area (Å²) in [6.07, 6.45) is 0. The molecule has 0 aliphatic rings. The van der Waals surface area contributed by atoms with Crippen LogP contribution in [0.1, 0.15) is 5.56 Å². The van der Waals surface area contributed by atoms with E-state index >= 15 is 0 Å². The minimum atomic E-state index is -3.42. The van der Waals surface area contributed by atoms with Crippen molar-refractivity contribution >= 4 is 33.0 Å². The van der Waals surface area contributed by atoms with Gasteiger partial charge in [-0.2, -0.15) is 0 Å². The molecule has 0 spiro atoms. The topological polar surface area (TPSA) is 70.2 Å². The zero-order valence-corrected chi connectivity index (χ0v) is 13.7. The maximum atomic E-state index is 11.6. The van der Waals surface area contributed by atoms with Gasteiger partial charge >= 0.3 is 0 Å². The number of benzene rings is 2. The van der Waals surface area contributed by atoms with Crippen LogP contribution < -0.4 is 15.4 Å². The lowest BCUT2D eigenvalue weighted by molar-refractivity contribution is 0.588. The molecular weight excluding hydrogens is 318 g/mol. The Morgan fingerprint density at radius 3 is 2.27 bits per heavy atom. The summed E-state index contributed by atoms with van der Waals surface area (Å²) in [5.41, 5.74) is 1.85. The Morgan fingerprint density at radius 2 is 1.68 bits per heavy atom. The molecule has 0 amide bonds. The van der Waals surface area contributed by atoms with Gasteiger partial charge in [0.15, 0.2) is 5.11 Å². The van der Waals surface area contributed by atoms with Crippen LogP contribution in [0.3, 0.4) is 0 Å². The first-order valence-electron chi connectivity index (χ1n) is 6.63. The van der Waals surface area contributed by atoms with E-state index in [1.165, 1.54) is 19.2 Å². The SMILES string of the molecule is CNS(=O)(=O)c1ccc(NC(=S)NCc2ccccc2)cc1. The van der Waals surface area contributed by atoms with E-state index < -0.39 is 10.0 Å². The molecule has 0 atom stereocenters. The molecule has 7 heteroatoms. The fraction of sp³-hybridized carbons (Fsp3) is 0.133. The lowest BCUT2D eigenvalue weighted by atomic mass is 10.2. The molecule has 0 saturated heterocycles. The molecule has 22 heavy (non-hydrogen) atoms. The van der Waals surface area contributed by atoms with Crippen LogP contribution in [0.25, 0.3) is 0 Å². The Hall–Kier alpha value is -1.96. The molecule has 0 unspecified atom stereocenters. The molecule has 2 rings (SSSR count). The van der Waals surface area contributed by atoms with Gasteiger partial charge in [-0.15, -0.1) is 0 Å². The molecule has 0 heterocycles. The molecule has 0 bridgehead atoms. The summed E-state index contributed by atoms with van der Waals surface area (Å²) in [6, 6.07) is 16.3. The average Bonchev–Trinajstić information content (AvgIpc) is 2.54. The number of hydrogen-bond donors (Lipinski definition) is 3. The number of nitrogens with one attached hydrogen (secondary N) is 3. The van der Waals surface area contributed by atoms with Crippen LogP contribution in [0.2, 0.25) is 0 Å². The van der Waals surface area contributed by atoms with Crippen molar-refractivity contribution in [2.24, 2.45) is 0 Å². The summed E-state index contributed by atoms with van der Waals surface area (Å²) in [6.45, 7) is 0.624. The second-order valence-corrected chi connectivity index (χ2v) is 6.82. The standard InChI is InChI=1S/C15H17N3O2S2/c1-16-22(19,20)14-9-7-13(8-10-14)18-15(21)17-11-12-5-3-2-4-6-12/h2-10,16H,11H2,1H3,(H2,17,18,21). The normalized spacial score (nSPS) is 11.0. The molecule has 3 N–H and O–H groups in total. The smallest absolute Gasteiger partial charge is 0.240 e. The molecule has 0 radical (unpaired) electrons. The molecule has 5 nitrogen and oxygen atoms in total. The Balaban J connectivity index is 1.92. The molecule has 0 saturated carbocycles. The van der Waals surface area contributed by atoms with Crippen LogP contribution in [0.15, 0.2) is 59.5 Å². The van der Waals surface area contributed by atoms with Crippen LogP contribution in [-0.2, 0) is 16.6 Å². The fourth-order valence-electron chi connectivity index (χ4n) is 1.79. The van der Waals surface area contributed by atoms with Gasteiger partial charge in [-0.3, -0.25) is 0 Å². The highest BCUT2D eigenvalue weighted by atomic mass is 32.2. The molecular formula is C15H17N3O2S2. The van der Waals surface area contributed by atoms with Gasteiger partial charge in [-0.1, -0.05) is 30.3 Å². The highest BCUT2D eigenvalue weighted by Gasteiger charge is 2.10. The molecule has 2 aromatic carbocycles. The first kappa shape index (κ1) is 16.4. The number of hydrogen-bond acceptors (Lipinski definition) is 3. The van der Waals surface area contributed by atoms with Crippen LogP contribution in [-0.4, -0.2) is 20.6 Å². The van der Waals surface area contributed by atoms with Gasteiger partial charge in [0.1, 0.15) is 0 Å². The maximum absolute atomic E-state index is 11.6. The monoisotopic (exact) mass is 335 g/mol. The third kappa shape index (κ3) is 4.52. The van der Waals surface area contributed by atoms with Crippen LogP contribution in [0.5, 0.6) is 0 Å². The van der Waals surface area contributed by atoms with Gasteiger partial charge in [0.25, 0.3) is 0 Å². The third-order valence-corrected chi connectivity index (χ3v) is 4.66. The quantitative estimate of drug-likeness (QED) is 0.730. The average molecular weight is 335 g/mol. The molecule has 0 aliphatic carbocycles. The number of sulfonamides is 1. The van der Waals surface area contributed by atoms with Gasteiger partial charge in [0.2, 0.25) is 10.0 Å². The van der Waals surface area contributed by atoms with Crippen molar-refractivity contribution in [1.82, 2.24) is 10.0 Å². The summed E-state index contributed by atoms with van der Waals surface area (Å²) in [5, 5.41) is 6.59. The van der Waals surface area contributed by atoms with Gasteiger partial charge in [-0.25, -0.2) is 13.1 Å². The second-order valence-electron chi connectivity index (χ2n) is 4.53. The summed E-state index contributed by atoms with van der Waals surface area (Å²) in [5.74, 6) is 0. The van der Waals surface area contributed by atoms with Crippen LogP contribution >= 0.6 is 12.2 Å². The van der Waals surface area contributed by atoms with Gasteiger partial charge in [-0.05, 0) is 49.1 Å². The third-order valence-electron chi connectivity index (χ3n) is 2.99. The largest absolute Gasteiger partial charge is 0.358 e. The van der Waals surface area contributed by atoms with E-state index in [1.54, 1.807) is 12.1 Å². The van der Waals surface area contributed by atoms with E-state index in [9.17, 15) is 8.42 Å². The molecule has 2 aromatic rings. The first-order chi connectivity index (χ1) is 10.5. The summed E-state index contributed by atoms with van der Waals surface area (Å²) in [7, 11) is -2.04. The number of thiocarbonyl (C=S) groups is 1. The van der Waals surface area contributed by atoms with Crippen LogP contribution in [0, 0.1) is 0 Å². The number of anilines is 1. The van der Waals surface area contributed by atoms with Gasteiger partial charge < -0.3 is 10.6 Å². The Morgan fingerprint density at radius 1 is 1.05 bits per heavy atom. The van der Waals surface area contributed by atoms with E-state index in [4.69, 9.17) is 12.2 Å². The summed E-state index contributed by atoms with van der Waals surface area (Å²) < 4.78 is 25.5. The number of rotatable bonds is 5. The maximum Gasteiger partial charge on any atom is 0.240 e. The van der Waals surface area contributed by atoms with E-state index in [2.05, 4.69) is 15.4 Å². The minimum absolute atomic E-state index is 0.212. The van der Waals surface area contributed by atoms with Crippen molar-refractivity contribution in [3.8, 4) is 0 Å². The van der Waals surface area contributed by atoms with Crippen molar-refractivity contribution in [3.63, 3.8) is 0 Å². The van der Waals surface area contributed by atoms with Crippen molar-refractivity contribution < 1.29 is 8.42 Å². The summed E-state index contributed by atoms with van der Waals surface area (Å²) in [4.78, 5) is 0.212. The lowest BCUT2D eigenvalue weighted by Gasteiger charge is -2.11. The fourth-order valence-corrected chi connectivity index (χ4v) is 2.71. The zero-order chi connectivity index (χ0) is 16.0. The molecule has 116 valence electrons. The predicted molar refractivity (Wildman–Crippen MR) is 92.2 cm³/mol. The zero-order valence-electron chi connectivity index (χ0n) is 12.0. The second kappa shape index (κ2) is 7.35. The molecule has 0 aliphatic heterocycles. The first-order valence-corrected chi connectivity index (χ1v) is 8.53. The van der Waals surface area contributed by atoms with Crippen molar-refractivity contribution in [2.45, 2.75) is 11.4 Å². The van der Waals surface area contributed by atoms with Crippen LogP contribution in [0.4, 0.5) is 5.69 Å². The highest BCUT2D eigenvalue weighted by Crippen LogP contribution is 2.13. The van der Waals surface area contributed by atoms with Gasteiger partial charge in [0, 0.05) is 12.2 Å². The Kier molecular flexibility index (Phi) is 5.48. The van der Waals surface area contributed by atoms with Crippen molar-refractivity contribution in [3.05, 3.63) is 60.2 Å². The molecule has 0 aromatic heterocycles. The lowest BCUT2D eigenvalue weighted by Crippen LogP contribution is -2.27. The molecule has 0 fully saturated rings. The van der Waals surface area contributed by atoms with E-state index in [0.717, 1.165) is 11.3 Å². The van der Waals surface area contributed by atoms with E-state index in [0.29, 0.717) is 11.7 Å². The summed E-state index contributed by atoms with van der Waals surface area (Å²) >= 11 is 5.21. The van der Waals surface area contributed by atoms with E-state index in [-0.39, 0.29) is 4.90 Å². The Labute approximate surface area is 135 Å².